The molecule has 0 radical (unpaired) electrons. The summed E-state index contributed by atoms with van der Waals surface area (Å²) in [6.45, 7) is 3.72. The quantitative estimate of drug-likeness (QED) is 0.865. The van der Waals surface area contributed by atoms with Crippen molar-refractivity contribution in [2.45, 2.75) is 20.3 Å². The van der Waals surface area contributed by atoms with Gasteiger partial charge in [0.05, 0.1) is 23.2 Å². The first-order valence-electron chi connectivity index (χ1n) is 5.71. The first-order chi connectivity index (χ1) is 8.54. The topological polar surface area (TPSA) is 86.1 Å². The number of nitrogens with one attached hydrogen (secondary N) is 1. The van der Waals surface area contributed by atoms with E-state index in [4.69, 9.17) is 10.2 Å². The van der Waals surface area contributed by atoms with E-state index in [9.17, 15) is 4.79 Å². The number of rotatable bonds is 3. The lowest BCUT2D eigenvalue weighted by Crippen LogP contribution is -2.16. The predicted molar refractivity (Wildman–Crippen MR) is 68.4 cm³/mol. The number of carbonyl (C=O) groups excluding carboxylic acids is 1. The minimum atomic E-state index is -0.240. The van der Waals surface area contributed by atoms with Gasteiger partial charge in [0.15, 0.2) is 5.82 Å². The fourth-order valence-corrected chi connectivity index (χ4v) is 1.81. The molecule has 2 heterocycles. The molecule has 96 valence electrons. The van der Waals surface area contributed by atoms with E-state index >= 15 is 0 Å². The van der Waals surface area contributed by atoms with Crippen LogP contribution in [0.5, 0.6) is 0 Å². The molecule has 3 N–H and O–H groups in total. The molecule has 0 aliphatic heterocycles. The Morgan fingerprint density at radius 3 is 2.89 bits per heavy atom. The maximum absolute atomic E-state index is 12.1. The summed E-state index contributed by atoms with van der Waals surface area (Å²) in [6, 6.07) is 1.65. The molecule has 0 bridgehead atoms. The van der Waals surface area contributed by atoms with Gasteiger partial charge in [0.25, 0.3) is 5.91 Å². The van der Waals surface area contributed by atoms with E-state index < -0.39 is 0 Å². The summed E-state index contributed by atoms with van der Waals surface area (Å²) >= 11 is 0. The molecule has 0 fully saturated rings. The number of carbonyl (C=O) groups is 1. The lowest BCUT2D eigenvalue weighted by atomic mass is 10.2. The van der Waals surface area contributed by atoms with Crippen LogP contribution in [0.1, 0.15) is 28.7 Å². The van der Waals surface area contributed by atoms with Gasteiger partial charge in [-0.25, -0.2) is 0 Å². The van der Waals surface area contributed by atoms with E-state index in [0.29, 0.717) is 34.9 Å². The SMILES string of the molecule is CCc1occc1C(=O)Nc1c(N)c(C)nn1C. The molecular weight excluding hydrogens is 232 g/mol. The van der Waals surface area contributed by atoms with Gasteiger partial charge in [-0.15, -0.1) is 0 Å². The van der Waals surface area contributed by atoms with Gasteiger partial charge in [0.1, 0.15) is 5.76 Å². The zero-order valence-electron chi connectivity index (χ0n) is 10.7. The molecule has 0 saturated heterocycles. The first kappa shape index (κ1) is 12.2. The molecule has 0 aliphatic rings. The second-order valence-electron chi connectivity index (χ2n) is 4.04. The van der Waals surface area contributed by atoms with Crippen LogP contribution in [0.2, 0.25) is 0 Å². The van der Waals surface area contributed by atoms with Gasteiger partial charge in [-0.1, -0.05) is 6.92 Å². The highest BCUT2D eigenvalue weighted by molar-refractivity contribution is 6.05. The Bertz CT molecular complexity index is 583. The molecule has 0 spiro atoms. The standard InChI is InChI=1S/C12H16N4O2/c1-4-9-8(5-6-18-9)12(17)14-11-10(13)7(2)15-16(11)3/h5-6H,4,13H2,1-3H3,(H,14,17). The highest BCUT2D eigenvalue weighted by Gasteiger charge is 2.17. The molecule has 1 amide bonds. The van der Waals surface area contributed by atoms with Crippen LogP contribution in [-0.4, -0.2) is 15.7 Å². The Labute approximate surface area is 105 Å². The van der Waals surface area contributed by atoms with Crippen molar-refractivity contribution in [1.29, 1.82) is 0 Å². The number of amides is 1. The molecule has 18 heavy (non-hydrogen) atoms. The van der Waals surface area contributed by atoms with Crippen molar-refractivity contribution in [2.24, 2.45) is 7.05 Å². The number of nitrogen functional groups attached to an aromatic ring is 1. The minimum absolute atomic E-state index is 0.240. The summed E-state index contributed by atoms with van der Waals surface area (Å²) in [6.07, 6.45) is 2.17. The number of hydrogen-bond donors (Lipinski definition) is 2. The van der Waals surface area contributed by atoms with Gasteiger partial charge in [-0.3, -0.25) is 9.48 Å². The maximum atomic E-state index is 12.1. The highest BCUT2D eigenvalue weighted by atomic mass is 16.3. The molecule has 2 rings (SSSR count). The van der Waals surface area contributed by atoms with Crippen molar-refractivity contribution >= 4 is 17.4 Å². The van der Waals surface area contributed by atoms with Crippen LogP contribution in [0.3, 0.4) is 0 Å². The maximum Gasteiger partial charge on any atom is 0.260 e. The monoisotopic (exact) mass is 248 g/mol. The Kier molecular flexibility index (Phi) is 3.10. The molecular formula is C12H16N4O2. The van der Waals surface area contributed by atoms with Gasteiger partial charge in [-0.05, 0) is 13.0 Å². The molecule has 0 atom stereocenters. The smallest absolute Gasteiger partial charge is 0.260 e. The van der Waals surface area contributed by atoms with Gasteiger partial charge < -0.3 is 15.5 Å². The van der Waals surface area contributed by atoms with E-state index in [1.807, 2.05) is 6.92 Å². The Balaban J connectivity index is 2.27. The third-order valence-electron chi connectivity index (χ3n) is 2.81. The van der Waals surface area contributed by atoms with Crippen molar-refractivity contribution in [2.75, 3.05) is 11.1 Å². The normalized spacial score (nSPS) is 10.6. The van der Waals surface area contributed by atoms with Crippen molar-refractivity contribution in [3.8, 4) is 0 Å². The number of aryl methyl sites for hydroxylation is 3. The minimum Gasteiger partial charge on any atom is -0.469 e. The van der Waals surface area contributed by atoms with Crippen LogP contribution in [0.25, 0.3) is 0 Å². The lowest BCUT2D eigenvalue weighted by molar-refractivity contribution is 0.102. The summed E-state index contributed by atoms with van der Waals surface area (Å²) in [5, 5.41) is 6.89. The summed E-state index contributed by atoms with van der Waals surface area (Å²) in [5.41, 5.74) is 7.55. The van der Waals surface area contributed by atoms with Crippen LogP contribution >= 0.6 is 0 Å². The zero-order chi connectivity index (χ0) is 13.3. The number of aromatic nitrogens is 2. The van der Waals surface area contributed by atoms with Gasteiger partial charge in [-0.2, -0.15) is 5.10 Å². The third-order valence-corrected chi connectivity index (χ3v) is 2.81. The second-order valence-corrected chi connectivity index (χ2v) is 4.04. The Morgan fingerprint density at radius 1 is 1.61 bits per heavy atom. The van der Waals surface area contributed by atoms with E-state index in [2.05, 4.69) is 10.4 Å². The average Bonchev–Trinajstić information content (AvgIpc) is 2.90. The fourth-order valence-electron chi connectivity index (χ4n) is 1.81. The van der Waals surface area contributed by atoms with Crippen molar-refractivity contribution < 1.29 is 9.21 Å². The second kappa shape index (κ2) is 4.56. The van der Waals surface area contributed by atoms with Crippen molar-refractivity contribution in [3.63, 3.8) is 0 Å². The average molecular weight is 248 g/mol. The molecule has 0 unspecified atom stereocenters. The Hall–Kier alpha value is -2.24. The number of anilines is 2. The summed E-state index contributed by atoms with van der Waals surface area (Å²) in [5.74, 6) is 0.918. The van der Waals surface area contributed by atoms with E-state index in [1.54, 1.807) is 24.7 Å². The largest absolute Gasteiger partial charge is 0.469 e. The molecule has 2 aromatic heterocycles. The summed E-state index contributed by atoms with van der Waals surface area (Å²) in [7, 11) is 1.73. The molecule has 0 aliphatic carbocycles. The predicted octanol–water partition coefficient (Wildman–Crippen LogP) is 1.72. The first-order valence-corrected chi connectivity index (χ1v) is 5.71. The molecule has 2 aromatic rings. The summed E-state index contributed by atoms with van der Waals surface area (Å²) in [4.78, 5) is 12.1. The van der Waals surface area contributed by atoms with Crippen LogP contribution in [-0.2, 0) is 13.5 Å². The number of hydrogen-bond acceptors (Lipinski definition) is 4. The molecule has 0 aromatic carbocycles. The van der Waals surface area contributed by atoms with E-state index in [-0.39, 0.29) is 5.91 Å². The highest BCUT2D eigenvalue weighted by Crippen LogP contribution is 2.22. The van der Waals surface area contributed by atoms with Gasteiger partial charge in [0, 0.05) is 13.5 Å². The Morgan fingerprint density at radius 2 is 2.33 bits per heavy atom. The van der Waals surface area contributed by atoms with Gasteiger partial charge in [0.2, 0.25) is 0 Å². The zero-order valence-corrected chi connectivity index (χ0v) is 10.7. The van der Waals surface area contributed by atoms with E-state index in [1.165, 1.54) is 6.26 Å². The number of nitrogens with zero attached hydrogens (tertiary/aromatic N) is 2. The fraction of sp³-hybridized carbons (Fsp3) is 0.333. The van der Waals surface area contributed by atoms with Crippen LogP contribution in [0, 0.1) is 6.92 Å². The lowest BCUT2D eigenvalue weighted by Gasteiger charge is -2.06. The van der Waals surface area contributed by atoms with Crippen molar-refractivity contribution in [3.05, 3.63) is 29.3 Å². The molecule has 6 heteroatoms. The third kappa shape index (κ3) is 1.97. The van der Waals surface area contributed by atoms with Crippen LogP contribution in [0.15, 0.2) is 16.7 Å². The van der Waals surface area contributed by atoms with E-state index in [0.717, 1.165) is 0 Å². The molecule has 0 saturated carbocycles. The van der Waals surface area contributed by atoms with Crippen molar-refractivity contribution in [1.82, 2.24) is 9.78 Å². The summed E-state index contributed by atoms with van der Waals surface area (Å²) < 4.78 is 6.77. The molecule has 6 nitrogen and oxygen atoms in total. The number of furan rings is 1. The van der Waals surface area contributed by atoms with Gasteiger partial charge >= 0.3 is 0 Å². The van der Waals surface area contributed by atoms with Crippen LogP contribution in [0.4, 0.5) is 11.5 Å². The van der Waals surface area contributed by atoms with Crippen LogP contribution < -0.4 is 11.1 Å². The number of nitrogens with two attached hydrogens (primary N) is 1.